The predicted molar refractivity (Wildman–Crippen MR) is 78.6 cm³/mol. The van der Waals surface area contributed by atoms with Crippen LogP contribution in [0, 0.1) is 0 Å². The highest BCUT2D eigenvalue weighted by Gasteiger charge is 2.13. The van der Waals surface area contributed by atoms with Crippen molar-refractivity contribution < 1.29 is 14.3 Å². The molecule has 1 aliphatic rings. The molecule has 0 N–H and O–H groups in total. The highest BCUT2D eigenvalue weighted by molar-refractivity contribution is 5.72. The minimum Gasteiger partial charge on any atom is -0.466 e. The Morgan fingerprint density at radius 3 is 2.90 bits per heavy atom. The summed E-state index contributed by atoms with van der Waals surface area (Å²) in [5.41, 5.74) is 2.71. The first-order valence-electron chi connectivity index (χ1n) is 7.22. The number of anilines is 1. The van der Waals surface area contributed by atoms with Gasteiger partial charge >= 0.3 is 5.97 Å². The molecule has 112 valence electrons. The van der Waals surface area contributed by atoms with E-state index >= 15 is 0 Å². The van der Waals surface area contributed by atoms with Crippen LogP contribution in [0.2, 0.25) is 0 Å². The number of carbonyl (C=O) groups is 1. The molecule has 3 rings (SSSR count). The number of imidazole rings is 1. The van der Waals surface area contributed by atoms with Gasteiger partial charge in [0.1, 0.15) is 5.65 Å². The van der Waals surface area contributed by atoms with Gasteiger partial charge in [-0.1, -0.05) is 0 Å². The van der Waals surface area contributed by atoms with Crippen LogP contribution in [-0.2, 0) is 20.7 Å². The summed E-state index contributed by atoms with van der Waals surface area (Å²) < 4.78 is 12.3. The first kappa shape index (κ1) is 13.9. The van der Waals surface area contributed by atoms with Crippen molar-refractivity contribution in [2.24, 2.45) is 0 Å². The average Bonchev–Trinajstić information content (AvgIpc) is 2.89. The number of esters is 1. The lowest BCUT2D eigenvalue weighted by atomic mass is 10.3. The third-order valence-electron chi connectivity index (χ3n) is 3.49. The summed E-state index contributed by atoms with van der Waals surface area (Å²) >= 11 is 0. The lowest BCUT2D eigenvalue weighted by Crippen LogP contribution is -2.36. The van der Waals surface area contributed by atoms with Crippen molar-refractivity contribution >= 4 is 17.3 Å². The molecule has 1 fully saturated rings. The molecule has 6 nitrogen and oxygen atoms in total. The van der Waals surface area contributed by atoms with E-state index in [2.05, 4.69) is 16.0 Å². The number of fused-ring (bicyclic) bond motifs is 1. The molecule has 0 spiro atoms. The number of hydrogen-bond donors (Lipinski definition) is 0. The topological polar surface area (TPSA) is 56.1 Å². The second-order valence-electron chi connectivity index (χ2n) is 4.97. The summed E-state index contributed by atoms with van der Waals surface area (Å²) in [6, 6.07) is 4.03. The van der Waals surface area contributed by atoms with Crippen molar-refractivity contribution in [3.63, 3.8) is 0 Å². The number of carbonyl (C=O) groups excluding carboxylic acids is 1. The van der Waals surface area contributed by atoms with Crippen LogP contribution in [0.15, 0.2) is 24.5 Å². The Balaban J connectivity index is 1.79. The summed E-state index contributed by atoms with van der Waals surface area (Å²) in [5, 5.41) is 0. The highest BCUT2D eigenvalue weighted by Crippen LogP contribution is 2.17. The largest absolute Gasteiger partial charge is 0.466 e. The number of aromatic nitrogens is 2. The van der Waals surface area contributed by atoms with E-state index in [0.717, 1.165) is 43.3 Å². The molecule has 0 aromatic carbocycles. The Labute approximate surface area is 123 Å². The number of morpholine rings is 1. The van der Waals surface area contributed by atoms with Crippen molar-refractivity contribution in [3.8, 4) is 0 Å². The van der Waals surface area contributed by atoms with Crippen molar-refractivity contribution in [2.75, 3.05) is 37.8 Å². The van der Waals surface area contributed by atoms with E-state index in [0.29, 0.717) is 6.61 Å². The Kier molecular flexibility index (Phi) is 4.06. The Hall–Kier alpha value is -2.08. The number of nitrogens with zero attached hydrogens (tertiary/aromatic N) is 3. The van der Waals surface area contributed by atoms with Crippen molar-refractivity contribution in [1.82, 2.24) is 9.38 Å². The van der Waals surface area contributed by atoms with Crippen LogP contribution in [-0.4, -0.2) is 48.3 Å². The number of rotatable bonds is 4. The summed E-state index contributed by atoms with van der Waals surface area (Å²) in [7, 11) is 0. The molecule has 2 aromatic rings. The Morgan fingerprint density at radius 1 is 1.33 bits per heavy atom. The van der Waals surface area contributed by atoms with Gasteiger partial charge in [0.2, 0.25) is 0 Å². The van der Waals surface area contributed by atoms with E-state index in [1.807, 2.05) is 22.9 Å². The number of hydrogen-bond acceptors (Lipinski definition) is 5. The number of pyridine rings is 1. The van der Waals surface area contributed by atoms with Crippen LogP contribution in [0.4, 0.5) is 5.69 Å². The Morgan fingerprint density at radius 2 is 2.14 bits per heavy atom. The summed E-state index contributed by atoms with van der Waals surface area (Å²) in [4.78, 5) is 18.2. The highest BCUT2D eigenvalue weighted by atomic mass is 16.5. The molecule has 21 heavy (non-hydrogen) atoms. The van der Waals surface area contributed by atoms with Crippen LogP contribution >= 0.6 is 0 Å². The molecule has 2 aromatic heterocycles. The van der Waals surface area contributed by atoms with Gasteiger partial charge in [-0.05, 0) is 19.1 Å². The van der Waals surface area contributed by atoms with Crippen LogP contribution in [0.25, 0.3) is 5.65 Å². The minimum absolute atomic E-state index is 0.211. The molecule has 1 aliphatic heterocycles. The summed E-state index contributed by atoms with van der Waals surface area (Å²) in [5.74, 6) is -0.241. The van der Waals surface area contributed by atoms with Crippen LogP contribution in [0.5, 0.6) is 0 Å². The maximum atomic E-state index is 11.5. The quantitative estimate of drug-likeness (QED) is 0.794. The van der Waals surface area contributed by atoms with Gasteiger partial charge in [-0.15, -0.1) is 0 Å². The zero-order valence-corrected chi connectivity index (χ0v) is 12.1. The Bertz CT molecular complexity index is 632. The van der Waals surface area contributed by atoms with Gasteiger partial charge in [-0.2, -0.15) is 0 Å². The molecule has 0 bridgehead atoms. The molecular weight excluding hydrogens is 270 g/mol. The minimum atomic E-state index is -0.241. The summed E-state index contributed by atoms with van der Waals surface area (Å²) in [6.45, 7) is 5.52. The summed E-state index contributed by atoms with van der Waals surface area (Å²) in [6.07, 6.45) is 4.14. The van der Waals surface area contributed by atoms with Crippen LogP contribution in [0.3, 0.4) is 0 Å². The standard InChI is InChI=1S/C15H19N3O3/c1-2-21-15(19)9-12-10-18-11-13(3-4-14(18)16-12)17-5-7-20-8-6-17/h3-4,10-11H,2,5-9H2,1H3. The van der Waals surface area contributed by atoms with E-state index in [1.54, 1.807) is 6.92 Å². The van der Waals surface area contributed by atoms with E-state index in [4.69, 9.17) is 9.47 Å². The molecule has 0 radical (unpaired) electrons. The molecule has 0 atom stereocenters. The normalized spacial score (nSPS) is 15.4. The number of ether oxygens (including phenoxy) is 2. The monoisotopic (exact) mass is 289 g/mol. The molecule has 3 heterocycles. The second kappa shape index (κ2) is 6.13. The first-order valence-corrected chi connectivity index (χ1v) is 7.22. The first-order chi connectivity index (χ1) is 10.3. The van der Waals surface area contributed by atoms with Gasteiger partial charge in [0.05, 0.1) is 37.6 Å². The second-order valence-corrected chi connectivity index (χ2v) is 4.97. The maximum absolute atomic E-state index is 11.5. The van der Waals surface area contributed by atoms with Gasteiger partial charge in [-0.25, -0.2) is 4.98 Å². The lowest BCUT2D eigenvalue weighted by Gasteiger charge is -2.28. The molecule has 0 amide bonds. The SMILES string of the molecule is CCOC(=O)Cc1cn2cc(N3CCOCC3)ccc2n1. The van der Waals surface area contributed by atoms with E-state index in [-0.39, 0.29) is 12.4 Å². The lowest BCUT2D eigenvalue weighted by molar-refractivity contribution is -0.142. The third-order valence-corrected chi connectivity index (χ3v) is 3.49. The van der Waals surface area contributed by atoms with Gasteiger partial charge in [0, 0.05) is 25.5 Å². The fraction of sp³-hybridized carbons (Fsp3) is 0.467. The van der Waals surface area contributed by atoms with Gasteiger partial charge in [0.15, 0.2) is 0 Å². The van der Waals surface area contributed by atoms with Crippen molar-refractivity contribution in [1.29, 1.82) is 0 Å². The molecule has 0 aliphatic carbocycles. The molecular formula is C15H19N3O3. The zero-order chi connectivity index (χ0) is 14.7. The molecule has 0 unspecified atom stereocenters. The fourth-order valence-electron chi connectivity index (χ4n) is 2.49. The van der Waals surface area contributed by atoms with Crippen molar-refractivity contribution in [2.45, 2.75) is 13.3 Å². The molecule has 6 heteroatoms. The smallest absolute Gasteiger partial charge is 0.311 e. The van der Waals surface area contributed by atoms with Crippen LogP contribution < -0.4 is 4.90 Å². The van der Waals surface area contributed by atoms with E-state index in [1.165, 1.54) is 0 Å². The van der Waals surface area contributed by atoms with E-state index < -0.39 is 0 Å². The maximum Gasteiger partial charge on any atom is 0.311 e. The van der Waals surface area contributed by atoms with Crippen LogP contribution in [0.1, 0.15) is 12.6 Å². The van der Waals surface area contributed by atoms with Gasteiger partial charge in [0.25, 0.3) is 0 Å². The van der Waals surface area contributed by atoms with Gasteiger partial charge in [-0.3, -0.25) is 4.79 Å². The van der Waals surface area contributed by atoms with Crippen molar-refractivity contribution in [3.05, 3.63) is 30.2 Å². The van der Waals surface area contributed by atoms with Gasteiger partial charge < -0.3 is 18.8 Å². The predicted octanol–water partition coefficient (Wildman–Crippen LogP) is 1.28. The van der Waals surface area contributed by atoms with E-state index in [9.17, 15) is 4.79 Å². The third kappa shape index (κ3) is 3.16. The molecule has 1 saturated heterocycles. The zero-order valence-electron chi connectivity index (χ0n) is 12.1. The fourth-order valence-corrected chi connectivity index (χ4v) is 2.49. The molecule has 0 saturated carbocycles. The average molecular weight is 289 g/mol.